The fourth-order valence-corrected chi connectivity index (χ4v) is 3.18. The van der Waals surface area contributed by atoms with E-state index in [-0.39, 0.29) is 11.4 Å². The van der Waals surface area contributed by atoms with Crippen molar-refractivity contribution >= 4 is 0 Å². The van der Waals surface area contributed by atoms with Gasteiger partial charge in [0.1, 0.15) is 5.82 Å². The Kier molecular flexibility index (Phi) is 3.82. The van der Waals surface area contributed by atoms with Gasteiger partial charge >= 0.3 is 0 Å². The summed E-state index contributed by atoms with van der Waals surface area (Å²) >= 11 is 0. The van der Waals surface area contributed by atoms with Crippen LogP contribution in [0, 0.1) is 5.82 Å². The minimum atomic E-state index is -0.165. The molecule has 3 nitrogen and oxygen atoms in total. The van der Waals surface area contributed by atoms with Crippen molar-refractivity contribution < 1.29 is 9.13 Å². The summed E-state index contributed by atoms with van der Waals surface area (Å²) in [7, 11) is 0. The summed E-state index contributed by atoms with van der Waals surface area (Å²) in [5, 5.41) is 3.42. The van der Waals surface area contributed by atoms with E-state index >= 15 is 0 Å². The van der Waals surface area contributed by atoms with Gasteiger partial charge in [0.2, 0.25) is 0 Å². The molecule has 0 radical (unpaired) electrons. The first-order valence-corrected chi connectivity index (χ1v) is 7.07. The number of nitrogens with zero attached hydrogens (tertiary/aromatic N) is 1. The Morgan fingerprint density at radius 2 is 1.95 bits per heavy atom. The molecule has 0 atom stereocenters. The minimum Gasteiger partial charge on any atom is -0.378 e. The second-order valence-electron chi connectivity index (χ2n) is 5.57. The molecule has 2 fully saturated rings. The molecule has 0 aromatic heterocycles. The average molecular weight is 264 g/mol. The zero-order valence-electron chi connectivity index (χ0n) is 11.2. The van der Waals surface area contributed by atoms with E-state index in [2.05, 4.69) is 10.2 Å². The van der Waals surface area contributed by atoms with E-state index in [0.29, 0.717) is 0 Å². The summed E-state index contributed by atoms with van der Waals surface area (Å²) in [4.78, 5) is 2.53. The van der Waals surface area contributed by atoms with Gasteiger partial charge in [0, 0.05) is 18.6 Å². The maximum atomic E-state index is 13.0. The van der Waals surface area contributed by atoms with Gasteiger partial charge in [-0.05, 0) is 43.6 Å². The van der Waals surface area contributed by atoms with Gasteiger partial charge in [-0.25, -0.2) is 4.39 Å². The predicted octanol–water partition coefficient (Wildman–Crippen LogP) is 1.78. The number of piperidine rings is 1. The molecule has 1 aromatic rings. The highest BCUT2D eigenvalue weighted by Gasteiger charge is 2.40. The van der Waals surface area contributed by atoms with Crippen LogP contribution in [0.25, 0.3) is 0 Å². The Balaban J connectivity index is 1.75. The fourth-order valence-electron chi connectivity index (χ4n) is 3.18. The van der Waals surface area contributed by atoms with E-state index < -0.39 is 0 Å². The van der Waals surface area contributed by atoms with Gasteiger partial charge in [-0.2, -0.15) is 0 Å². The normalized spacial score (nSPS) is 23.6. The van der Waals surface area contributed by atoms with Crippen LogP contribution in [-0.2, 0) is 11.3 Å². The molecule has 1 aromatic carbocycles. The lowest BCUT2D eigenvalue weighted by Crippen LogP contribution is -2.60. The number of benzene rings is 1. The molecule has 2 aliphatic heterocycles. The Hall–Kier alpha value is -0.970. The van der Waals surface area contributed by atoms with Gasteiger partial charge < -0.3 is 10.1 Å². The van der Waals surface area contributed by atoms with Crippen LogP contribution < -0.4 is 5.32 Å². The largest absolute Gasteiger partial charge is 0.378 e. The van der Waals surface area contributed by atoms with Crippen molar-refractivity contribution in [3.05, 3.63) is 35.6 Å². The average Bonchev–Trinajstić information content (AvgIpc) is 2.45. The lowest BCUT2D eigenvalue weighted by Gasteiger charge is -2.49. The molecule has 3 rings (SSSR count). The van der Waals surface area contributed by atoms with E-state index in [0.717, 1.165) is 52.2 Å². The first-order valence-electron chi connectivity index (χ1n) is 7.07. The van der Waals surface area contributed by atoms with Crippen LogP contribution in [0.15, 0.2) is 24.3 Å². The molecule has 4 heteroatoms. The van der Waals surface area contributed by atoms with Crippen LogP contribution in [0.1, 0.15) is 18.4 Å². The van der Waals surface area contributed by atoms with E-state index in [1.54, 1.807) is 12.1 Å². The Bertz CT molecular complexity index is 406. The standard InChI is InChI=1S/C15H21FN2O/c16-14-3-1-13(2-4-14)11-18-9-10-19-12-15(18)5-7-17-8-6-15/h1-4,17H,5-12H2. The number of rotatable bonds is 2. The van der Waals surface area contributed by atoms with Gasteiger partial charge in [0.25, 0.3) is 0 Å². The highest BCUT2D eigenvalue weighted by Crippen LogP contribution is 2.30. The molecule has 1 N–H and O–H groups in total. The molecule has 1 spiro atoms. The molecule has 104 valence electrons. The monoisotopic (exact) mass is 264 g/mol. The molecule has 19 heavy (non-hydrogen) atoms. The van der Waals surface area contributed by atoms with Crippen molar-refractivity contribution in [2.24, 2.45) is 0 Å². The number of hydrogen-bond donors (Lipinski definition) is 1. The van der Waals surface area contributed by atoms with Gasteiger partial charge in [-0.1, -0.05) is 12.1 Å². The molecule has 0 amide bonds. The van der Waals surface area contributed by atoms with Gasteiger partial charge in [-0.15, -0.1) is 0 Å². The second kappa shape index (κ2) is 5.57. The van der Waals surface area contributed by atoms with Crippen LogP contribution in [0.4, 0.5) is 4.39 Å². The smallest absolute Gasteiger partial charge is 0.123 e. The summed E-state index contributed by atoms with van der Waals surface area (Å²) in [6.45, 7) is 5.61. The van der Waals surface area contributed by atoms with Crippen LogP contribution in [0.5, 0.6) is 0 Å². The summed E-state index contributed by atoms with van der Waals surface area (Å²) in [6, 6.07) is 6.87. The van der Waals surface area contributed by atoms with Crippen molar-refractivity contribution in [1.29, 1.82) is 0 Å². The van der Waals surface area contributed by atoms with Crippen LogP contribution in [0.2, 0.25) is 0 Å². The third kappa shape index (κ3) is 2.81. The molecule has 0 unspecified atom stereocenters. The minimum absolute atomic E-state index is 0.165. The van der Waals surface area contributed by atoms with Gasteiger partial charge in [0.15, 0.2) is 0 Å². The third-order valence-electron chi connectivity index (χ3n) is 4.37. The lowest BCUT2D eigenvalue weighted by atomic mass is 9.86. The highest BCUT2D eigenvalue weighted by molar-refractivity contribution is 5.16. The molecule has 0 bridgehead atoms. The summed E-state index contributed by atoms with van der Waals surface area (Å²) in [5.41, 5.74) is 1.36. The topological polar surface area (TPSA) is 24.5 Å². The number of hydrogen-bond acceptors (Lipinski definition) is 3. The molecule has 2 heterocycles. The van der Waals surface area contributed by atoms with E-state index in [1.807, 2.05) is 12.1 Å². The third-order valence-corrected chi connectivity index (χ3v) is 4.37. The van der Waals surface area contributed by atoms with E-state index in [9.17, 15) is 4.39 Å². The zero-order valence-corrected chi connectivity index (χ0v) is 11.2. The molecule has 2 saturated heterocycles. The Morgan fingerprint density at radius 1 is 1.21 bits per heavy atom. The highest BCUT2D eigenvalue weighted by atomic mass is 19.1. The van der Waals surface area contributed by atoms with Crippen molar-refractivity contribution in [1.82, 2.24) is 10.2 Å². The fraction of sp³-hybridized carbons (Fsp3) is 0.600. The molecular weight excluding hydrogens is 243 g/mol. The van der Waals surface area contributed by atoms with E-state index in [4.69, 9.17) is 4.74 Å². The number of ether oxygens (including phenoxy) is 1. The second-order valence-corrected chi connectivity index (χ2v) is 5.57. The van der Waals surface area contributed by atoms with Crippen LogP contribution in [-0.4, -0.2) is 43.3 Å². The van der Waals surface area contributed by atoms with Crippen LogP contribution >= 0.6 is 0 Å². The summed E-state index contributed by atoms with van der Waals surface area (Å²) in [5.74, 6) is -0.165. The van der Waals surface area contributed by atoms with Crippen molar-refractivity contribution in [2.45, 2.75) is 24.9 Å². The van der Waals surface area contributed by atoms with Crippen molar-refractivity contribution in [3.8, 4) is 0 Å². The summed E-state index contributed by atoms with van der Waals surface area (Å²) < 4.78 is 18.7. The summed E-state index contributed by atoms with van der Waals surface area (Å²) in [6.07, 6.45) is 2.27. The Labute approximate surface area is 113 Å². The molecule has 0 aliphatic carbocycles. The number of nitrogens with one attached hydrogen (secondary N) is 1. The van der Waals surface area contributed by atoms with Gasteiger partial charge in [-0.3, -0.25) is 4.90 Å². The predicted molar refractivity (Wildman–Crippen MR) is 72.5 cm³/mol. The number of morpholine rings is 1. The first-order chi connectivity index (χ1) is 9.28. The molecule has 0 saturated carbocycles. The molecular formula is C15H21FN2O. The number of halogens is 1. The quantitative estimate of drug-likeness (QED) is 0.881. The lowest BCUT2D eigenvalue weighted by molar-refractivity contribution is -0.0866. The maximum Gasteiger partial charge on any atom is 0.123 e. The van der Waals surface area contributed by atoms with Crippen molar-refractivity contribution in [2.75, 3.05) is 32.8 Å². The Morgan fingerprint density at radius 3 is 2.68 bits per heavy atom. The van der Waals surface area contributed by atoms with E-state index in [1.165, 1.54) is 5.56 Å². The first kappa shape index (κ1) is 13.0. The van der Waals surface area contributed by atoms with Crippen molar-refractivity contribution in [3.63, 3.8) is 0 Å². The molecule has 2 aliphatic rings. The maximum absolute atomic E-state index is 13.0. The van der Waals surface area contributed by atoms with Crippen LogP contribution in [0.3, 0.4) is 0 Å². The van der Waals surface area contributed by atoms with Gasteiger partial charge in [0.05, 0.1) is 13.2 Å². The SMILES string of the molecule is Fc1ccc(CN2CCOCC23CCNCC3)cc1. The zero-order chi connectivity index (χ0) is 13.1.